The molecule has 1 saturated heterocycles. The second-order valence-corrected chi connectivity index (χ2v) is 9.55. The molecule has 180 valence electrons. The maximum absolute atomic E-state index is 6.43. The van der Waals surface area contributed by atoms with Crippen molar-refractivity contribution in [3.05, 3.63) is 94.5 Å². The molecule has 3 aromatic rings. The van der Waals surface area contributed by atoms with E-state index in [1.807, 2.05) is 48.5 Å². The highest BCUT2D eigenvalue weighted by Gasteiger charge is 2.19. The Bertz CT molecular complexity index is 1580. The van der Waals surface area contributed by atoms with Crippen molar-refractivity contribution in [3.8, 4) is 17.1 Å². The molecule has 3 aliphatic rings. The third-order valence-corrected chi connectivity index (χ3v) is 7.05. The molecular formula is C28H23Cl2N5O. The highest BCUT2D eigenvalue weighted by atomic mass is 35.5. The fourth-order valence-corrected chi connectivity index (χ4v) is 4.85. The molecule has 2 aliphatic heterocycles. The predicted molar refractivity (Wildman–Crippen MR) is 145 cm³/mol. The number of aromatic nitrogens is 3. The van der Waals surface area contributed by atoms with Gasteiger partial charge in [-0.05, 0) is 67.4 Å². The number of anilines is 2. The van der Waals surface area contributed by atoms with Gasteiger partial charge in [0, 0.05) is 25.1 Å². The average Bonchev–Trinajstić information content (AvgIpc) is 2.91. The van der Waals surface area contributed by atoms with Crippen LogP contribution >= 0.6 is 23.2 Å². The number of para-hydroxylation sites is 2. The molecule has 0 radical (unpaired) electrons. The highest BCUT2D eigenvalue weighted by Crippen LogP contribution is 2.33. The van der Waals surface area contributed by atoms with E-state index >= 15 is 0 Å². The molecule has 1 N–H and O–H groups in total. The zero-order valence-electron chi connectivity index (χ0n) is 19.4. The van der Waals surface area contributed by atoms with Crippen molar-refractivity contribution in [2.75, 3.05) is 18.5 Å². The van der Waals surface area contributed by atoms with E-state index in [9.17, 15) is 0 Å². The van der Waals surface area contributed by atoms with Crippen LogP contribution in [0.2, 0.25) is 10.0 Å². The minimum Gasteiger partial charge on any atom is -0.381 e. The van der Waals surface area contributed by atoms with Crippen LogP contribution in [0, 0.1) is 0 Å². The molecule has 0 unspecified atom stereocenters. The smallest absolute Gasteiger partial charge is 0.0900 e. The molecule has 0 saturated carbocycles. The SMILES string of the molecule is Clc1ccc(-n2c3cc(=NC4CCOCC4)c(Nc4cccnc4)cc-3nc3ccccc32)cc1Cl. The largest absolute Gasteiger partial charge is 0.381 e. The number of halogens is 2. The summed E-state index contributed by atoms with van der Waals surface area (Å²) in [6, 6.07) is 22.0. The van der Waals surface area contributed by atoms with Crippen LogP contribution in [0.1, 0.15) is 12.8 Å². The molecular weight excluding hydrogens is 493 g/mol. The van der Waals surface area contributed by atoms with Gasteiger partial charge in [0.25, 0.3) is 0 Å². The summed E-state index contributed by atoms with van der Waals surface area (Å²) in [4.78, 5) is 14.4. The third-order valence-electron chi connectivity index (χ3n) is 6.31. The summed E-state index contributed by atoms with van der Waals surface area (Å²) in [6.45, 7) is 1.45. The second-order valence-electron chi connectivity index (χ2n) is 8.73. The molecule has 1 aromatic heterocycles. The number of fused-ring (bicyclic) bond motifs is 2. The van der Waals surface area contributed by atoms with Crippen LogP contribution in [-0.2, 0) is 4.74 Å². The maximum atomic E-state index is 6.43. The van der Waals surface area contributed by atoms with E-state index in [0.717, 1.165) is 70.9 Å². The lowest BCUT2D eigenvalue weighted by molar-refractivity contribution is 0.0864. The standard InChI is InChI=1S/C28H23Cl2N5O/c29-21-8-7-20(14-22(21)30)35-27-6-2-1-5-23(27)34-26-15-24(33-19-4-3-11-31-17-19)25(16-28(26)35)32-18-9-12-36-13-10-18/h1-8,11,14-18,33H,9-10,12-13H2. The number of benzene rings is 3. The average molecular weight is 516 g/mol. The molecule has 6 rings (SSSR count). The van der Waals surface area contributed by atoms with E-state index in [2.05, 4.69) is 33.1 Å². The van der Waals surface area contributed by atoms with Crippen molar-refractivity contribution in [2.45, 2.75) is 18.9 Å². The van der Waals surface area contributed by atoms with Crippen molar-refractivity contribution >= 4 is 45.6 Å². The zero-order chi connectivity index (χ0) is 24.5. The lowest BCUT2D eigenvalue weighted by atomic mass is 10.1. The quantitative estimate of drug-likeness (QED) is 0.272. The Morgan fingerprint density at radius 2 is 1.81 bits per heavy atom. The zero-order valence-corrected chi connectivity index (χ0v) is 20.9. The predicted octanol–water partition coefficient (Wildman–Crippen LogP) is 6.66. The Hall–Kier alpha value is -3.45. The van der Waals surface area contributed by atoms with Gasteiger partial charge in [-0.15, -0.1) is 0 Å². The molecule has 2 aromatic carbocycles. The van der Waals surface area contributed by atoms with Crippen molar-refractivity contribution in [2.24, 2.45) is 4.99 Å². The summed E-state index contributed by atoms with van der Waals surface area (Å²) >= 11 is 12.7. The van der Waals surface area contributed by atoms with Gasteiger partial charge in [-0.25, -0.2) is 4.98 Å². The Balaban J connectivity index is 1.63. The van der Waals surface area contributed by atoms with Gasteiger partial charge in [0.1, 0.15) is 0 Å². The van der Waals surface area contributed by atoms with Gasteiger partial charge in [-0.3, -0.25) is 9.98 Å². The van der Waals surface area contributed by atoms with Gasteiger partial charge >= 0.3 is 0 Å². The lowest BCUT2D eigenvalue weighted by Crippen LogP contribution is -2.23. The van der Waals surface area contributed by atoms with Crippen molar-refractivity contribution in [1.82, 2.24) is 14.5 Å². The van der Waals surface area contributed by atoms with E-state index in [4.69, 9.17) is 37.9 Å². The van der Waals surface area contributed by atoms with E-state index in [1.165, 1.54) is 0 Å². The molecule has 0 bridgehead atoms. The highest BCUT2D eigenvalue weighted by molar-refractivity contribution is 6.42. The Morgan fingerprint density at radius 3 is 2.61 bits per heavy atom. The maximum Gasteiger partial charge on any atom is 0.0900 e. The number of nitrogens with zero attached hydrogens (tertiary/aromatic N) is 4. The summed E-state index contributed by atoms with van der Waals surface area (Å²) in [5.74, 6) is 0. The minimum atomic E-state index is 0.192. The van der Waals surface area contributed by atoms with Crippen molar-refractivity contribution in [1.29, 1.82) is 0 Å². The number of rotatable bonds is 4. The van der Waals surface area contributed by atoms with Crippen molar-refractivity contribution in [3.63, 3.8) is 0 Å². The number of pyridine rings is 1. The van der Waals surface area contributed by atoms with Crippen LogP contribution < -0.4 is 10.7 Å². The summed E-state index contributed by atoms with van der Waals surface area (Å²) in [5, 5.41) is 5.38. The van der Waals surface area contributed by atoms with Gasteiger partial charge in [0.2, 0.25) is 0 Å². The molecule has 6 nitrogen and oxygen atoms in total. The topological polar surface area (TPSA) is 64.3 Å². The van der Waals surface area contributed by atoms with Crippen LogP contribution in [0.5, 0.6) is 0 Å². The number of hydrogen-bond acceptors (Lipinski definition) is 5. The molecule has 8 heteroatoms. The first kappa shape index (κ1) is 23.0. The van der Waals surface area contributed by atoms with Gasteiger partial charge in [-0.2, -0.15) is 0 Å². The molecule has 36 heavy (non-hydrogen) atoms. The summed E-state index contributed by atoms with van der Waals surface area (Å²) in [7, 11) is 0. The van der Waals surface area contributed by atoms with Crippen LogP contribution in [0.4, 0.5) is 11.4 Å². The fourth-order valence-electron chi connectivity index (χ4n) is 4.55. The first-order valence-corrected chi connectivity index (χ1v) is 12.6. The van der Waals surface area contributed by atoms with Crippen LogP contribution in [0.3, 0.4) is 0 Å². The molecule has 3 heterocycles. The van der Waals surface area contributed by atoms with E-state index in [1.54, 1.807) is 12.4 Å². The van der Waals surface area contributed by atoms with E-state index < -0.39 is 0 Å². The van der Waals surface area contributed by atoms with Gasteiger partial charge in [-0.1, -0.05) is 35.3 Å². The first-order valence-electron chi connectivity index (χ1n) is 11.9. The first-order chi connectivity index (χ1) is 17.7. The molecule has 1 fully saturated rings. The Kier molecular flexibility index (Phi) is 6.32. The normalized spacial score (nSPS) is 15.0. The summed E-state index contributed by atoms with van der Waals surface area (Å²) < 4.78 is 7.72. The molecule has 0 atom stereocenters. The summed E-state index contributed by atoms with van der Waals surface area (Å²) in [6.07, 6.45) is 5.35. The van der Waals surface area contributed by atoms with Crippen LogP contribution in [0.15, 0.2) is 84.1 Å². The van der Waals surface area contributed by atoms with Crippen LogP contribution in [-0.4, -0.2) is 33.8 Å². The van der Waals surface area contributed by atoms with Crippen molar-refractivity contribution < 1.29 is 4.74 Å². The Labute approximate surface area is 218 Å². The Morgan fingerprint density at radius 1 is 0.944 bits per heavy atom. The number of ether oxygens (including phenoxy) is 1. The number of nitrogens with one attached hydrogen (secondary N) is 1. The van der Waals surface area contributed by atoms with Crippen LogP contribution in [0.25, 0.3) is 28.1 Å². The molecule has 0 amide bonds. The number of hydrogen-bond donors (Lipinski definition) is 1. The van der Waals surface area contributed by atoms with E-state index in [-0.39, 0.29) is 6.04 Å². The summed E-state index contributed by atoms with van der Waals surface area (Å²) in [5.41, 5.74) is 6.26. The molecule has 0 spiro atoms. The minimum absolute atomic E-state index is 0.192. The lowest BCUT2D eigenvalue weighted by Gasteiger charge is -2.22. The van der Waals surface area contributed by atoms with Gasteiger partial charge in [0.15, 0.2) is 0 Å². The fraction of sp³-hybridized carbons (Fsp3) is 0.179. The molecule has 1 aliphatic carbocycles. The monoisotopic (exact) mass is 515 g/mol. The van der Waals surface area contributed by atoms with Gasteiger partial charge < -0.3 is 14.6 Å². The van der Waals surface area contributed by atoms with Gasteiger partial charge in [0.05, 0.1) is 61.4 Å². The third kappa shape index (κ3) is 4.55. The second kappa shape index (κ2) is 9.90. The van der Waals surface area contributed by atoms with E-state index in [0.29, 0.717) is 10.0 Å².